The maximum atomic E-state index is 13.7. The molecule has 1 aliphatic rings. The van der Waals surface area contributed by atoms with Gasteiger partial charge in [-0.2, -0.15) is 0 Å². The van der Waals surface area contributed by atoms with Crippen molar-refractivity contribution in [1.82, 2.24) is 4.90 Å². The second kappa shape index (κ2) is 12.0. The third-order valence-corrected chi connectivity index (χ3v) is 7.26. The summed E-state index contributed by atoms with van der Waals surface area (Å²) in [6, 6.07) is 16.2. The smallest absolute Gasteiger partial charge is 0.227 e. The summed E-state index contributed by atoms with van der Waals surface area (Å²) in [5.41, 5.74) is 4.02. The summed E-state index contributed by atoms with van der Waals surface area (Å²) >= 11 is 0. The monoisotopic (exact) mass is 463 g/mol. The minimum absolute atomic E-state index is 0.000722. The Morgan fingerprint density at radius 1 is 1.00 bits per heavy atom. The Hall–Kier alpha value is -2.82. The molecular formula is C29H41N3O2. The van der Waals surface area contributed by atoms with Gasteiger partial charge in [0.1, 0.15) is 0 Å². The van der Waals surface area contributed by atoms with Gasteiger partial charge in [0.2, 0.25) is 11.8 Å². The number of anilines is 2. The van der Waals surface area contributed by atoms with E-state index in [2.05, 4.69) is 43.1 Å². The first-order chi connectivity index (χ1) is 16.3. The summed E-state index contributed by atoms with van der Waals surface area (Å²) in [5, 5.41) is 3.14. The topological polar surface area (TPSA) is 52.7 Å². The minimum atomic E-state index is -0.0546. The molecule has 0 heterocycles. The van der Waals surface area contributed by atoms with Crippen molar-refractivity contribution in [2.24, 2.45) is 11.8 Å². The van der Waals surface area contributed by atoms with Crippen molar-refractivity contribution in [2.75, 3.05) is 24.3 Å². The first kappa shape index (κ1) is 25.8. The number of benzene rings is 2. The molecule has 0 unspecified atom stereocenters. The Kier molecular flexibility index (Phi) is 9.14. The third-order valence-electron chi connectivity index (χ3n) is 7.26. The zero-order valence-corrected chi connectivity index (χ0v) is 21.5. The molecule has 1 aliphatic carbocycles. The fraction of sp³-hybridized carbons (Fsp3) is 0.517. The van der Waals surface area contributed by atoms with Crippen LogP contribution in [-0.4, -0.2) is 30.8 Å². The second-order valence-electron chi connectivity index (χ2n) is 9.77. The standard InChI is InChI=1S/C29H41N3O2/c1-6-22(7-2)29(34)32(21(3)23-13-9-8-10-14-23)20-25-19-26(17-18-27(25)31(4)5)30-28(33)24-15-11-12-16-24/h8-10,13-14,17-19,21-22,24H,6-7,11-12,15-16,20H2,1-5H3,(H,30,33)/t21-/m0/s1. The lowest BCUT2D eigenvalue weighted by Crippen LogP contribution is -2.37. The number of hydrogen-bond acceptors (Lipinski definition) is 3. The summed E-state index contributed by atoms with van der Waals surface area (Å²) in [6.45, 7) is 6.77. The van der Waals surface area contributed by atoms with E-state index in [1.165, 1.54) is 0 Å². The van der Waals surface area contributed by atoms with Gasteiger partial charge < -0.3 is 15.1 Å². The van der Waals surface area contributed by atoms with Crippen LogP contribution in [-0.2, 0) is 16.1 Å². The lowest BCUT2D eigenvalue weighted by atomic mass is 9.98. The van der Waals surface area contributed by atoms with Crippen LogP contribution in [0.15, 0.2) is 48.5 Å². The van der Waals surface area contributed by atoms with E-state index in [0.29, 0.717) is 6.54 Å². The Labute approximate surface area is 205 Å². The van der Waals surface area contributed by atoms with Gasteiger partial charge in [0, 0.05) is 43.9 Å². The average molecular weight is 464 g/mol. The summed E-state index contributed by atoms with van der Waals surface area (Å²) in [5.74, 6) is 0.414. The van der Waals surface area contributed by atoms with Crippen LogP contribution in [0, 0.1) is 11.8 Å². The first-order valence-corrected chi connectivity index (χ1v) is 12.8. The molecule has 1 N–H and O–H groups in total. The number of amides is 2. The van der Waals surface area contributed by atoms with Gasteiger partial charge in [-0.1, -0.05) is 57.0 Å². The van der Waals surface area contributed by atoms with Crippen LogP contribution < -0.4 is 10.2 Å². The number of rotatable bonds is 10. The molecule has 184 valence electrons. The predicted octanol–water partition coefficient (Wildman–Crippen LogP) is 6.41. The summed E-state index contributed by atoms with van der Waals surface area (Å²) in [4.78, 5) is 30.5. The second-order valence-corrected chi connectivity index (χ2v) is 9.77. The molecule has 2 aromatic rings. The molecule has 3 rings (SSSR count). The van der Waals surface area contributed by atoms with Gasteiger partial charge in [-0.05, 0) is 61.9 Å². The predicted molar refractivity (Wildman–Crippen MR) is 141 cm³/mol. The summed E-state index contributed by atoms with van der Waals surface area (Å²) in [7, 11) is 4.03. The summed E-state index contributed by atoms with van der Waals surface area (Å²) in [6.07, 6.45) is 5.86. The van der Waals surface area contributed by atoms with E-state index in [9.17, 15) is 9.59 Å². The average Bonchev–Trinajstić information content (AvgIpc) is 3.38. The van der Waals surface area contributed by atoms with E-state index < -0.39 is 0 Å². The highest BCUT2D eigenvalue weighted by Gasteiger charge is 2.28. The molecule has 0 aliphatic heterocycles. The quantitative estimate of drug-likeness (QED) is 0.443. The van der Waals surface area contributed by atoms with Crippen molar-refractivity contribution in [1.29, 1.82) is 0 Å². The van der Waals surface area contributed by atoms with Gasteiger partial charge in [-0.3, -0.25) is 9.59 Å². The van der Waals surface area contributed by atoms with E-state index in [1.807, 2.05) is 55.4 Å². The van der Waals surface area contributed by atoms with Crippen molar-refractivity contribution in [2.45, 2.75) is 71.9 Å². The van der Waals surface area contributed by atoms with Crippen molar-refractivity contribution in [3.05, 3.63) is 59.7 Å². The van der Waals surface area contributed by atoms with Gasteiger partial charge in [-0.15, -0.1) is 0 Å². The van der Waals surface area contributed by atoms with Gasteiger partial charge >= 0.3 is 0 Å². The highest BCUT2D eigenvalue weighted by atomic mass is 16.2. The third kappa shape index (κ3) is 6.19. The molecular weight excluding hydrogens is 422 g/mol. The molecule has 34 heavy (non-hydrogen) atoms. The van der Waals surface area contributed by atoms with E-state index >= 15 is 0 Å². The molecule has 0 bridgehead atoms. The number of nitrogens with zero attached hydrogens (tertiary/aromatic N) is 2. The molecule has 1 atom stereocenters. The van der Waals surface area contributed by atoms with Crippen LogP contribution in [0.4, 0.5) is 11.4 Å². The first-order valence-electron chi connectivity index (χ1n) is 12.8. The minimum Gasteiger partial charge on any atom is -0.377 e. The fourth-order valence-corrected chi connectivity index (χ4v) is 5.03. The van der Waals surface area contributed by atoms with E-state index in [0.717, 1.165) is 61.0 Å². The number of hydrogen-bond donors (Lipinski definition) is 1. The number of carbonyl (C=O) groups is 2. The Morgan fingerprint density at radius 2 is 1.65 bits per heavy atom. The van der Waals surface area contributed by atoms with E-state index in [-0.39, 0.29) is 29.7 Å². The van der Waals surface area contributed by atoms with Crippen molar-refractivity contribution < 1.29 is 9.59 Å². The van der Waals surface area contributed by atoms with Gasteiger partial charge in [0.05, 0.1) is 6.04 Å². The Morgan fingerprint density at radius 3 is 2.24 bits per heavy atom. The Bertz CT molecular complexity index is 947. The normalized spacial score (nSPS) is 14.8. The van der Waals surface area contributed by atoms with Crippen molar-refractivity contribution in [3.8, 4) is 0 Å². The lowest BCUT2D eigenvalue weighted by molar-refractivity contribution is -0.138. The lowest BCUT2D eigenvalue weighted by Gasteiger charge is -2.34. The van der Waals surface area contributed by atoms with Crippen LogP contribution in [0.1, 0.15) is 76.5 Å². The fourth-order valence-electron chi connectivity index (χ4n) is 5.03. The van der Waals surface area contributed by atoms with Crippen LogP contribution in [0.3, 0.4) is 0 Å². The molecule has 5 heteroatoms. The van der Waals surface area contributed by atoms with Crippen LogP contribution in [0.5, 0.6) is 0 Å². The zero-order valence-electron chi connectivity index (χ0n) is 21.5. The number of nitrogens with one attached hydrogen (secondary N) is 1. The molecule has 2 amide bonds. The zero-order chi connectivity index (χ0) is 24.7. The SMILES string of the molecule is CCC(CC)C(=O)N(Cc1cc(NC(=O)C2CCCC2)ccc1N(C)C)[C@@H](C)c1ccccc1. The van der Waals surface area contributed by atoms with Gasteiger partial charge in [0.15, 0.2) is 0 Å². The number of carbonyl (C=O) groups excluding carboxylic acids is 2. The molecule has 1 fully saturated rings. The van der Waals surface area contributed by atoms with E-state index in [4.69, 9.17) is 0 Å². The largest absolute Gasteiger partial charge is 0.377 e. The molecule has 2 aromatic carbocycles. The van der Waals surface area contributed by atoms with Gasteiger partial charge in [0.25, 0.3) is 0 Å². The Balaban J connectivity index is 1.93. The van der Waals surface area contributed by atoms with E-state index in [1.54, 1.807) is 0 Å². The van der Waals surface area contributed by atoms with Crippen LogP contribution in [0.2, 0.25) is 0 Å². The van der Waals surface area contributed by atoms with Crippen LogP contribution in [0.25, 0.3) is 0 Å². The molecule has 1 saturated carbocycles. The highest BCUT2D eigenvalue weighted by Crippen LogP contribution is 2.31. The maximum absolute atomic E-state index is 13.7. The molecule has 0 aromatic heterocycles. The molecule has 5 nitrogen and oxygen atoms in total. The van der Waals surface area contributed by atoms with Crippen molar-refractivity contribution >= 4 is 23.2 Å². The summed E-state index contributed by atoms with van der Waals surface area (Å²) < 4.78 is 0. The molecule has 0 spiro atoms. The highest BCUT2D eigenvalue weighted by molar-refractivity contribution is 5.93. The van der Waals surface area contributed by atoms with Crippen molar-refractivity contribution in [3.63, 3.8) is 0 Å². The molecule has 0 saturated heterocycles. The molecule has 0 radical (unpaired) electrons. The van der Waals surface area contributed by atoms with Crippen LogP contribution >= 0.6 is 0 Å². The van der Waals surface area contributed by atoms with Gasteiger partial charge in [-0.25, -0.2) is 0 Å². The maximum Gasteiger partial charge on any atom is 0.227 e.